The van der Waals surface area contributed by atoms with Crippen LogP contribution < -0.4 is 5.32 Å². The molecule has 0 bridgehead atoms. The summed E-state index contributed by atoms with van der Waals surface area (Å²) in [6, 6.07) is 5.76. The molecule has 0 fully saturated rings. The standard InChI is InChI=1S/C16H15N5OS2/c1-8(2)21-12(6-7-17-21)15(22)20-16-19-11-5-4-10-13(14(11)24-16)23-9(3)18-10/h4-8H,1-3H3,(H,19,20,22). The molecule has 1 N–H and O–H groups in total. The minimum Gasteiger partial charge on any atom is -0.296 e. The number of amides is 1. The number of aromatic nitrogens is 4. The van der Waals surface area contributed by atoms with E-state index in [2.05, 4.69) is 20.4 Å². The SMILES string of the molecule is Cc1nc2ccc3nc(NC(=O)c4ccnn4C(C)C)sc3c2s1. The van der Waals surface area contributed by atoms with Crippen LogP contribution in [-0.4, -0.2) is 25.7 Å². The number of hydrogen-bond donors (Lipinski definition) is 1. The molecule has 122 valence electrons. The minimum absolute atomic E-state index is 0.121. The summed E-state index contributed by atoms with van der Waals surface area (Å²) in [4.78, 5) is 21.6. The van der Waals surface area contributed by atoms with E-state index in [1.54, 1.807) is 28.3 Å². The summed E-state index contributed by atoms with van der Waals surface area (Å²) in [6.45, 7) is 5.97. The second kappa shape index (κ2) is 5.64. The third-order valence-electron chi connectivity index (χ3n) is 3.63. The van der Waals surface area contributed by atoms with Crippen molar-refractivity contribution in [1.82, 2.24) is 19.7 Å². The van der Waals surface area contributed by atoms with Gasteiger partial charge >= 0.3 is 0 Å². The maximum atomic E-state index is 12.5. The smallest absolute Gasteiger partial charge is 0.275 e. The van der Waals surface area contributed by atoms with E-state index in [9.17, 15) is 4.79 Å². The lowest BCUT2D eigenvalue weighted by atomic mass is 10.3. The number of aryl methyl sites for hydroxylation is 1. The number of carbonyl (C=O) groups excluding carboxylic acids is 1. The van der Waals surface area contributed by atoms with E-state index < -0.39 is 0 Å². The van der Waals surface area contributed by atoms with Crippen LogP contribution in [0.1, 0.15) is 35.4 Å². The van der Waals surface area contributed by atoms with Gasteiger partial charge in [-0.15, -0.1) is 11.3 Å². The van der Waals surface area contributed by atoms with Crippen LogP contribution in [0.15, 0.2) is 24.4 Å². The maximum Gasteiger partial charge on any atom is 0.275 e. The van der Waals surface area contributed by atoms with E-state index >= 15 is 0 Å². The van der Waals surface area contributed by atoms with Crippen molar-refractivity contribution >= 4 is 54.1 Å². The monoisotopic (exact) mass is 357 g/mol. The average molecular weight is 357 g/mol. The summed E-state index contributed by atoms with van der Waals surface area (Å²) in [6.07, 6.45) is 1.64. The lowest BCUT2D eigenvalue weighted by Crippen LogP contribution is -2.18. The van der Waals surface area contributed by atoms with E-state index in [0.29, 0.717) is 10.8 Å². The average Bonchev–Trinajstić information content (AvgIpc) is 3.21. The first-order valence-electron chi connectivity index (χ1n) is 7.54. The Morgan fingerprint density at radius 2 is 1.83 bits per heavy atom. The quantitative estimate of drug-likeness (QED) is 0.595. The van der Waals surface area contributed by atoms with Gasteiger partial charge in [-0.25, -0.2) is 9.97 Å². The minimum atomic E-state index is -0.197. The zero-order valence-corrected chi connectivity index (χ0v) is 15.0. The van der Waals surface area contributed by atoms with Gasteiger partial charge in [0.2, 0.25) is 0 Å². The summed E-state index contributed by atoms with van der Waals surface area (Å²) in [5.74, 6) is -0.197. The summed E-state index contributed by atoms with van der Waals surface area (Å²) in [5, 5.41) is 8.70. The first-order valence-corrected chi connectivity index (χ1v) is 9.18. The molecule has 4 rings (SSSR count). The molecule has 0 unspecified atom stereocenters. The van der Waals surface area contributed by atoms with Crippen LogP contribution in [0.2, 0.25) is 0 Å². The molecule has 0 aliphatic heterocycles. The molecule has 0 aliphatic rings. The highest BCUT2D eigenvalue weighted by Gasteiger charge is 2.17. The molecule has 0 radical (unpaired) electrons. The van der Waals surface area contributed by atoms with Crippen LogP contribution in [0.25, 0.3) is 20.4 Å². The fourth-order valence-electron chi connectivity index (χ4n) is 2.60. The number of benzene rings is 1. The predicted octanol–water partition coefficient (Wildman–Crippen LogP) is 4.24. The van der Waals surface area contributed by atoms with Crippen molar-refractivity contribution in [2.24, 2.45) is 0 Å². The molecule has 3 heterocycles. The fraction of sp³-hybridized carbons (Fsp3) is 0.250. The molecule has 6 nitrogen and oxygen atoms in total. The van der Waals surface area contributed by atoms with E-state index in [4.69, 9.17) is 0 Å². The molecular formula is C16H15N5OS2. The third-order valence-corrected chi connectivity index (χ3v) is 5.77. The van der Waals surface area contributed by atoms with Gasteiger partial charge in [0.05, 0.1) is 25.4 Å². The number of fused-ring (bicyclic) bond motifs is 3. The normalized spacial score (nSPS) is 11.7. The molecule has 4 aromatic rings. The number of anilines is 1. The van der Waals surface area contributed by atoms with Gasteiger partial charge in [-0.2, -0.15) is 5.10 Å². The molecule has 0 atom stereocenters. The molecule has 3 aromatic heterocycles. The molecular weight excluding hydrogens is 342 g/mol. The second-order valence-electron chi connectivity index (χ2n) is 5.72. The Morgan fingerprint density at radius 1 is 1.12 bits per heavy atom. The fourth-order valence-corrected chi connectivity index (χ4v) is 4.61. The van der Waals surface area contributed by atoms with Crippen molar-refractivity contribution in [1.29, 1.82) is 0 Å². The van der Waals surface area contributed by atoms with Gasteiger partial charge < -0.3 is 0 Å². The summed E-state index contributed by atoms with van der Waals surface area (Å²) >= 11 is 3.13. The predicted molar refractivity (Wildman–Crippen MR) is 98.1 cm³/mol. The van der Waals surface area contributed by atoms with Crippen LogP contribution >= 0.6 is 22.7 Å². The molecule has 24 heavy (non-hydrogen) atoms. The molecule has 0 aliphatic carbocycles. The number of nitrogens with zero attached hydrogens (tertiary/aromatic N) is 4. The van der Waals surface area contributed by atoms with E-state index in [-0.39, 0.29) is 11.9 Å². The highest BCUT2D eigenvalue weighted by atomic mass is 32.1. The van der Waals surface area contributed by atoms with Gasteiger partial charge in [0, 0.05) is 12.2 Å². The number of thiazole rings is 2. The Bertz CT molecular complexity index is 1060. The van der Waals surface area contributed by atoms with Crippen LogP contribution in [0.5, 0.6) is 0 Å². The van der Waals surface area contributed by atoms with Crippen molar-refractivity contribution in [3.63, 3.8) is 0 Å². The largest absolute Gasteiger partial charge is 0.296 e. The van der Waals surface area contributed by atoms with Crippen molar-refractivity contribution in [3.8, 4) is 0 Å². The Balaban J connectivity index is 1.70. The first-order chi connectivity index (χ1) is 11.5. The number of rotatable bonds is 3. The topological polar surface area (TPSA) is 72.7 Å². The zero-order valence-electron chi connectivity index (χ0n) is 13.4. The number of nitrogens with one attached hydrogen (secondary N) is 1. The van der Waals surface area contributed by atoms with E-state index in [1.807, 2.05) is 32.9 Å². The van der Waals surface area contributed by atoms with Gasteiger partial charge in [0.25, 0.3) is 5.91 Å². The Hall–Kier alpha value is -2.32. The van der Waals surface area contributed by atoms with Gasteiger partial charge in [-0.05, 0) is 39.0 Å². The number of hydrogen-bond acceptors (Lipinski definition) is 6. The van der Waals surface area contributed by atoms with Crippen LogP contribution in [0.3, 0.4) is 0 Å². The lowest BCUT2D eigenvalue weighted by molar-refractivity contribution is 0.101. The van der Waals surface area contributed by atoms with E-state index in [1.165, 1.54) is 11.3 Å². The summed E-state index contributed by atoms with van der Waals surface area (Å²) in [7, 11) is 0. The molecule has 0 saturated carbocycles. The maximum absolute atomic E-state index is 12.5. The highest BCUT2D eigenvalue weighted by Crippen LogP contribution is 2.35. The summed E-state index contributed by atoms with van der Waals surface area (Å²) < 4.78 is 3.88. The van der Waals surface area contributed by atoms with Crippen molar-refractivity contribution < 1.29 is 4.79 Å². The van der Waals surface area contributed by atoms with Gasteiger partial charge in [0.15, 0.2) is 5.13 Å². The lowest BCUT2D eigenvalue weighted by Gasteiger charge is -2.09. The molecule has 1 amide bonds. The second-order valence-corrected chi connectivity index (χ2v) is 7.93. The van der Waals surface area contributed by atoms with Gasteiger partial charge in [0.1, 0.15) is 5.69 Å². The van der Waals surface area contributed by atoms with Crippen molar-refractivity contribution in [2.75, 3.05) is 5.32 Å². The molecule has 8 heteroatoms. The Labute approximate surface area is 146 Å². The van der Waals surface area contributed by atoms with E-state index in [0.717, 1.165) is 25.4 Å². The van der Waals surface area contributed by atoms with Crippen molar-refractivity contribution in [3.05, 3.63) is 35.1 Å². The van der Waals surface area contributed by atoms with Gasteiger partial charge in [-0.3, -0.25) is 14.8 Å². The Morgan fingerprint density at radius 3 is 2.58 bits per heavy atom. The van der Waals surface area contributed by atoms with Crippen LogP contribution in [-0.2, 0) is 0 Å². The van der Waals surface area contributed by atoms with Crippen LogP contribution in [0, 0.1) is 6.92 Å². The summed E-state index contributed by atoms with van der Waals surface area (Å²) in [5.41, 5.74) is 2.39. The molecule has 0 spiro atoms. The van der Waals surface area contributed by atoms with Crippen LogP contribution in [0.4, 0.5) is 5.13 Å². The third kappa shape index (κ3) is 2.47. The van der Waals surface area contributed by atoms with Crippen molar-refractivity contribution in [2.45, 2.75) is 26.8 Å². The van der Waals surface area contributed by atoms with Gasteiger partial charge in [-0.1, -0.05) is 11.3 Å². The molecule has 0 saturated heterocycles. The number of carbonyl (C=O) groups is 1. The first kappa shape index (κ1) is 15.2. The zero-order chi connectivity index (χ0) is 16.8. The Kier molecular flexibility index (Phi) is 3.58. The highest BCUT2D eigenvalue weighted by molar-refractivity contribution is 7.28. The molecule has 1 aromatic carbocycles.